The Morgan fingerprint density at radius 3 is 2.48 bits per heavy atom. The van der Waals surface area contributed by atoms with Crippen molar-refractivity contribution < 1.29 is 0 Å². The fourth-order valence-electron chi connectivity index (χ4n) is 7.49. The van der Waals surface area contributed by atoms with E-state index in [1.165, 1.54) is 57.8 Å². The molecular weight excluding hydrogens is 252 g/mol. The van der Waals surface area contributed by atoms with Gasteiger partial charge >= 0.3 is 0 Å². The number of hydrogen-bond donors (Lipinski definition) is 0. The molecule has 4 rings (SSSR count). The Hall–Kier alpha value is -0.260. The topological polar surface area (TPSA) is 0 Å². The molecule has 0 aliphatic heterocycles. The van der Waals surface area contributed by atoms with Crippen LogP contribution in [0.25, 0.3) is 0 Å². The van der Waals surface area contributed by atoms with Crippen molar-refractivity contribution in [3.8, 4) is 0 Å². The van der Waals surface area contributed by atoms with Crippen LogP contribution in [0.2, 0.25) is 0 Å². The first-order chi connectivity index (χ1) is 9.87. The summed E-state index contributed by atoms with van der Waals surface area (Å²) in [5, 5.41) is 0. The zero-order valence-corrected chi connectivity index (χ0v) is 14.7. The third kappa shape index (κ3) is 1.86. The summed E-state index contributed by atoms with van der Waals surface area (Å²) in [7, 11) is 0. The van der Waals surface area contributed by atoms with Gasteiger partial charge in [0.1, 0.15) is 0 Å². The van der Waals surface area contributed by atoms with E-state index in [0.29, 0.717) is 16.2 Å². The summed E-state index contributed by atoms with van der Waals surface area (Å²) in [4.78, 5) is 0. The van der Waals surface area contributed by atoms with Crippen LogP contribution in [0, 0.1) is 34.0 Å². The smallest absolute Gasteiger partial charge is 0.00799 e. The molecule has 0 unspecified atom stereocenters. The predicted octanol–water partition coefficient (Wildman–Crippen LogP) is 6.37. The zero-order chi connectivity index (χ0) is 14.9. The highest BCUT2D eigenvalue weighted by atomic mass is 14.6. The third-order valence-corrected chi connectivity index (χ3v) is 8.47. The fraction of sp³-hybridized carbons (Fsp3) is 0.905. The molecule has 3 saturated carbocycles. The summed E-state index contributed by atoms with van der Waals surface area (Å²) >= 11 is 0. The Kier molecular flexibility index (Phi) is 3.00. The molecule has 0 bridgehead atoms. The highest BCUT2D eigenvalue weighted by Gasteiger charge is 2.57. The quantitative estimate of drug-likeness (QED) is 0.454. The Bertz CT molecular complexity index is 470. The fourth-order valence-corrected chi connectivity index (χ4v) is 7.49. The van der Waals surface area contributed by atoms with E-state index < -0.39 is 0 Å². The summed E-state index contributed by atoms with van der Waals surface area (Å²) in [6.45, 7) is 10.3. The summed E-state index contributed by atoms with van der Waals surface area (Å²) in [5.41, 5.74) is 3.56. The monoisotopic (exact) mass is 286 g/mol. The second-order valence-corrected chi connectivity index (χ2v) is 9.97. The molecule has 0 spiro atoms. The molecule has 0 amide bonds. The minimum absolute atomic E-state index is 0.467. The lowest BCUT2D eigenvalue weighted by Gasteiger charge is -2.59. The lowest BCUT2D eigenvalue weighted by atomic mass is 9.45. The van der Waals surface area contributed by atoms with Crippen molar-refractivity contribution in [3.63, 3.8) is 0 Å². The zero-order valence-electron chi connectivity index (χ0n) is 14.7. The third-order valence-electron chi connectivity index (χ3n) is 8.47. The number of rotatable bonds is 0. The summed E-state index contributed by atoms with van der Waals surface area (Å²) < 4.78 is 0. The van der Waals surface area contributed by atoms with Gasteiger partial charge in [0, 0.05) is 0 Å². The molecule has 0 aromatic heterocycles. The van der Waals surface area contributed by atoms with E-state index in [4.69, 9.17) is 0 Å². The van der Waals surface area contributed by atoms with Gasteiger partial charge in [-0.1, -0.05) is 52.2 Å². The van der Waals surface area contributed by atoms with Crippen molar-refractivity contribution in [2.45, 2.75) is 85.5 Å². The maximum Gasteiger partial charge on any atom is -0.00799 e. The Morgan fingerprint density at radius 2 is 1.67 bits per heavy atom. The van der Waals surface area contributed by atoms with Gasteiger partial charge in [-0.05, 0) is 78.9 Å². The highest BCUT2D eigenvalue weighted by molar-refractivity contribution is 5.29. The van der Waals surface area contributed by atoms with Gasteiger partial charge in [-0.25, -0.2) is 0 Å². The molecular formula is C21H34. The molecule has 5 atom stereocenters. The van der Waals surface area contributed by atoms with Gasteiger partial charge in [-0.15, -0.1) is 0 Å². The maximum absolute atomic E-state index is 2.73. The van der Waals surface area contributed by atoms with Gasteiger partial charge in [-0.2, -0.15) is 0 Å². The molecule has 0 aromatic rings. The molecule has 21 heavy (non-hydrogen) atoms. The van der Waals surface area contributed by atoms with Gasteiger partial charge in [0.2, 0.25) is 0 Å². The van der Waals surface area contributed by atoms with Crippen molar-refractivity contribution in [2.24, 2.45) is 34.0 Å². The average Bonchev–Trinajstić information content (AvgIpc) is 2.79. The second-order valence-electron chi connectivity index (χ2n) is 9.97. The van der Waals surface area contributed by atoms with Gasteiger partial charge in [0.25, 0.3) is 0 Å². The van der Waals surface area contributed by atoms with E-state index in [-0.39, 0.29) is 0 Å². The first-order valence-electron chi connectivity index (χ1n) is 9.58. The van der Waals surface area contributed by atoms with Crippen LogP contribution in [0.5, 0.6) is 0 Å². The summed E-state index contributed by atoms with van der Waals surface area (Å²) in [6, 6.07) is 0. The molecule has 4 aliphatic rings. The van der Waals surface area contributed by atoms with Crippen LogP contribution in [-0.4, -0.2) is 0 Å². The van der Waals surface area contributed by atoms with Crippen LogP contribution in [-0.2, 0) is 0 Å². The van der Waals surface area contributed by atoms with E-state index in [1.54, 1.807) is 0 Å². The molecule has 0 heteroatoms. The highest BCUT2D eigenvalue weighted by Crippen LogP contribution is 2.66. The average molecular weight is 287 g/mol. The van der Waals surface area contributed by atoms with E-state index in [9.17, 15) is 0 Å². The largest absolute Gasteiger partial charge is 0.0839 e. The number of allylic oxidation sites excluding steroid dienone is 2. The minimum atomic E-state index is 0.467. The van der Waals surface area contributed by atoms with Crippen molar-refractivity contribution in [3.05, 3.63) is 11.6 Å². The molecule has 4 aliphatic carbocycles. The Morgan fingerprint density at radius 1 is 0.857 bits per heavy atom. The predicted molar refractivity (Wildman–Crippen MR) is 90.1 cm³/mol. The van der Waals surface area contributed by atoms with Crippen LogP contribution < -0.4 is 0 Å². The first kappa shape index (κ1) is 14.3. The molecule has 0 radical (unpaired) electrons. The van der Waals surface area contributed by atoms with Crippen molar-refractivity contribution in [2.75, 3.05) is 0 Å². The van der Waals surface area contributed by atoms with E-state index in [0.717, 1.165) is 17.8 Å². The van der Waals surface area contributed by atoms with Crippen molar-refractivity contribution in [1.29, 1.82) is 0 Å². The van der Waals surface area contributed by atoms with Gasteiger partial charge < -0.3 is 0 Å². The first-order valence-corrected chi connectivity index (χ1v) is 9.58. The van der Waals surface area contributed by atoms with Crippen molar-refractivity contribution in [1.82, 2.24) is 0 Å². The standard InChI is InChI=1S/C21H34/c1-19(2)11-6-13-21(4)17-10-14-20(3)12-5-7-16(20)15(17)8-9-18(19)21/h9,15-17H,5-8,10-14H2,1-4H3/t15-,16-,17-,20-,21+/m1/s1. The Balaban J connectivity index is 1.73. The molecule has 0 saturated heterocycles. The SMILES string of the molecule is CC1(C)CCC[C@]2(C)C1=CC[C@@H]1[C@H]3CCC[C@]3(C)CC[C@H]12. The molecule has 0 heterocycles. The molecule has 0 aromatic carbocycles. The summed E-state index contributed by atoms with van der Waals surface area (Å²) in [5.74, 6) is 3.04. The van der Waals surface area contributed by atoms with E-state index in [2.05, 4.69) is 33.8 Å². The molecule has 0 N–H and O–H groups in total. The van der Waals surface area contributed by atoms with Gasteiger partial charge in [0.15, 0.2) is 0 Å². The minimum Gasteiger partial charge on any atom is -0.0839 e. The Labute approximate surface area is 131 Å². The normalized spacial score (nSPS) is 51.6. The molecule has 0 nitrogen and oxygen atoms in total. The van der Waals surface area contributed by atoms with Crippen LogP contribution in [0.15, 0.2) is 11.6 Å². The molecule has 3 fully saturated rings. The van der Waals surface area contributed by atoms with E-state index >= 15 is 0 Å². The van der Waals surface area contributed by atoms with Crippen LogP contribution in [0.4, 0.5) is 0 Å². The van der Waals surface area contributed by atoms with Gasteiger partial charge in [0.05, 0.1) is 0 Å². The van der Waals surface area contributed by atoms with Crippen LogP contribution in [0.3, 0.4) is 0 Å². The second kappa shape index (κ2) is 4.39. The maximum atomic E-state index is 2.73. The molecule has 118 valence electrons. The van der Waals surface area contributed by atoms with Gasteiger partial charge in [-0.3, -0.25) is 0 Å². The lowest BCUT2D eigenvalue weighted by molar-refractivity contribution is -0.0362. The number of fused-ring (bicyclic) bond motifs is 5. The van der Waals surface area contributed by atoms with E-state index in [1.807, 2.05) is 5.57 Å². The van der Waals surface area contributed by atoms with Crippen LogP contribution >= 0.6 is 0 Å². The number of hydrogen-bond acceptors (Lipinski definition) is 0. The summed E-state index contributed by atoms with van der Waals surface area (Å²) in [6.07, 6.45) is 16.0. The van der Waals surface area contributed by atoms with Crippen molar-refractivity contribution >= 4 is 0 Å². The lowest BCUT2D eigenvalue weighted by Crippen LogP contribution is -2.50. The van der Waals surface area contributed by atoms with Crippen LogP contribution in [0.1, 0.15) is 85.5 Å².